The lowest BCUT2D eigenvalue weighted by Crippen LogP contribution is -2.31. The summed E-state index contributed by atoms with van der Waals surface area (Å²) in [6.45, 7) is 0.913. The fourth-order valence-corrected chi connectivity index (χ4v) is 2.57. The Morgan fingerprint density at radius 2 is 2.11 bits per heavy atom. The van der Waals surface area contributed by atoms with Crippen LogP contribution in [0.4, 0.5) is 0 Å². The molecule has 1 aromatic carbocycles. The van der Waals surface area contributed by atoms with Crippen LogP contribution in [0, 0.1) is 11.3 Å². The summed E-state index contributed by atoms with van der Waals surface area (Å²) in [6, 6.07) is 5.91. The largest absolute Gasteiger partial charge is 0.308 e. The second-order valence-electron chi connectivity index (χ2n) is 3.95. The van der Waals surface area contributed by atoms with E-state index in [0.717, 1.165) is 0 Å². The summed E-state index contributed by atoms with van der Waals surface area (Å²) < 4.78 is 26.2. The topological polar surface area (TPSA) is 73.2 Å². The molecule has 0 amide bonds. The molecule has 0 atom stereocenters. The molecule has 0 unspecified atom stereocenters. The van der Waals surface area contributed by atoms with E-state index in [-0.39, 0.29) is 15.5 Å². The van der Waals surface area contributed by atoms with Crippen molar-refractivity contribution in [2.75, 3.05) is 27.2 Å². The van der Waals surface area contributed by atoms with Crippen LogP contribution in [-0.2, 0) is 10.0 Å². The number of hydrogen-bond donors (Lipinski definition) is 1. The third-order valence-corrected chi connectivity index (χ3v) is 3.99. The Labute approximate surface area is 112 Å². The maximum absolute atomic E-state index is 11.9. The standard InChI is InChI=1S/C11H14ClN3O2S/c1-15(2)6-5-14-18(16,17)10-4-3-9(8-13)11(12)7-10/h3-4,7,14H,5-6H2,1-2H3. The second-order valence-corrected chi connectivity index (χ2v) is 6.13. The van der Waals surface area contributed by atoms with Crippen LogP contribution in [0.1, 0.15) is 5.56 Å². The number of sulfonamides is 1. The van der Waals surface area contributed by atoms with Crippen molar-refractivity contribution in [3.63, 3.8) is 0 Å². The van der Waals surface area contributed by atoms with Gasteiger partial charge in [-0.15, -0.1) is 0 Å². The van der Waals surface area contributed by atoms with Crippen LogP contribution >= 0.6 is 11.6 Å². The van der Waals surface area contributed by atoms with Gasteiger partial charge in [-0.2, -0.15) is 5.26 Å². The van der Waals surface area contributed by atoms with Gasteiger partial charge < -0.3 is 4.90 Å². The third-order valence-electron chi connectivity index (χ3n) is 2.22. The van der Waals surface area contributed by atoms with Gasteiger partial charge in [0.25, 0.3) is 0 Å². The van der Waals surface area contributed by atoms with E-state index < -0.39 is 10.0 Å². The lowest BCUT2D eigenvalue weighted by molar-refractivity contribution is 0.412. The quantitative estimate of drug-likeness (QED) is 0.878. The SMILES string of the molecule is CN(C)CCNS(=O)(=O)c1ccc(C#N)c(Cl)c1. The summed E-state index contributed by atoms with van der Waals surface area (Å²) in [6.07, 6.45) is 0. The molecule has 1 N–H and O–H groups in total. The summed E-state index contributed by atoms with van der Waals surface area (Å²) in [5.74, 6) is 0. The lowest BCUT2D eigenvalue weighted by Gasteiger charge is -2.11. The number of rotatable bonds is 5. The first-order valence-corrected chi connectivity index (χ1v) is 7.07. The van der Waals surface area contributed by atoms with Gasteiger partial charge in [-0.05, 0) is 32.3 Å². The van der Waals surface area contributed by atoms with E-state index in [1.165, 1.54) is 18.2 Å². The van der Waals surface area contributed by atoms with Crippen molar-refractivity contribution in [2.45, 2.75) is 4.90 Å². The van der Waals surface area contributed by atoms with Gasteiger partial charge in [0.15, 0.2) is 0 Å². The van der Waals surface area contributed by atoms with Crippen LogP contribution in [0.5, 0.6) is 0 Å². The highest BCUT2D eigenvalue weighted by molar-refractivity contribution is 7.89. The average molecular weight is 288 g/mol. The molecule has 0 aromatic heterocycles. The van der Waals surface area contributed by atoms with Gasteiger partial charge in [-0.3, -0.25) is 0 Å². The molecule has 98 valence electrons. The second kappa shape index (κ2) is 6.16. The normalized spacial score (nSPS) is 11.5. The summed E-state index contributed by atoms with van der Waals surface area (Å²) >= 11 is 5.80. The van der Waals surface area contributed by atoms with Gasteiger partial charge in [0.1, 0.15) is 6.07 Å². The number of nitrogens with one attached hydrogen (secondary N) is 1. The Hall–Kier alpha value is -1.13. The number of hydrogen-bond acceptors (Lipinski definition) is 4. The van der Waals surface area contributed by atoms with Crippen molar-refractivity contribution >= 4 is 21.6 Å². The molecule has 18 heavy (non-hydrogen) atoms. The number of nitriles is 1. The first-order valence-electron chi connectivity index (χ1n) is 5.21. The number of halogens is 1. The van der Waals surface area contributed by atoms with Crippen molar-refractivity contribution in [3.05, 3.63) is 28.8 Å². The van der Waals surface area contributed by atoms with E-state index in [9.17, 15) is 8.42 Å². The van der Waals surface area contributed by atoms with Crippen molar-refractivity contribution in [3.8, 4) is 6.07 Å². The van der Waals surface area contributed by atoms with Gasteiger partial charge in [-0.1, -0.05) is 11.6 Å². The molecule has 0 heterocycles. The van der Waals surface area contributed by atoms with Gasteiger partial charge in [-0.25, -0.2) is 13.1 Å². The first-order chi connectivity index (χ1) is 8.36. The summed E-state index contributed by atoms with van der Waals surface area (Å²) in [5.41, 5.74) is 0.254. The third kappa shape index (κ3) is 3.96. The Kier molecular flexibility index (Phi) is 5.11. The number of likely N-dealkylation sites (N-methyl/N-ethyl adjacent to an activating group) is 1. The van der Waals surface area contributed by atoms with E-state index in [1.54, 1.807) is 0 Å². The first kappa shape index (κ1) is 14.9. The summed E-state index contributed by atoms with van der Waals surface area (Å²) in [7, 11) is 0.134. The van der Waals surface area contributed by atoms with Gasteiger partial charge in [0, 0.05) is 13.1 Å². The highest BCUT2D eigenvalue weighted by Crippen LogP contribution is 2.19. The Morgan fingerprint density at radius 1 is 1.44 bits per heavy atom. The fourth-order valence-electron chi connectivity index (χ4n) is 1.24. The molecule has 0 radical (unpaired) electrons. The van der Waals surface area contributed by atoms with Crippen LogP contribution in [0.15, 0.2) is 23.1 Å². The summed E-state index contributed by atoms with van der Waals surface area (Å²) in [5, 5.41) is 8.84. The van der Waals surface area contributed by atoms with Gasteiger partial charge >= 0.3 is 0 Å². The molecule has 0 spiro atoms. The highest BCUT2D eigenvalue weighted by atomic mass is 35.5. The average Bonchev–Trinajstić information content (AvgIpc) is 2.28. The summed E-state index contributed by atoms with van der Waals surface area (Å²) in [4.78, 5) is 1.93. The van der Waals surface area contributed by atoms with Crippen molar-refractivity contribution < 1.29 is 8.42 Å². The Morgan fingerprint density at radius 3 is 2.61 bits per heavy atom. The van der Waals surface area contributed by atoms with E-state index in [1.807, 2.05) is 25.1 Å². The van der Waals surface area contributed by atoms with Crippen LogP contribution in [0.3, 0.4) is 0 Å². The minimum atomic E-state index is -3.57. The highest BCUT2D eigenvalue weighted by Gasteiger charge is 2.15. The molecule has 1 rings (SSSR count). The minimum absolute atomic E-state index is 0.0604. The minimum Gasteiger partial charge on any atom is -0.308 e. The van der Waals surface area contributed by atoms with E-state index in [4.69, 9.17) is 16.9 Å². The Balaban J connectivity index is 2.86. The fraction of sp³-hybridized carbons (Fsp3) is 0.364. The zero-order valence-electron chi connectivity index (χ0n) is 10.1. The smallest absolute Gasteiger partial charge is 0.240 e. The molecule has 0 bridgehead atoms. The molecule has 0 aliphatic heterocycles. The molecule has 0 aliphatic rings. The van der Waals surface area contributed by atoms with E-state index in [0.29, 0.717) is 13.1 Å². The maximum atomic E-state index is 11.9. The van der Waals surface area contributed by atoms with Crippen molar-refractivity contribution in [1.82, 2.24) is 9.62 Å². The maximum Gasteiger partial charge on any atom is 0.240 e. The van der Waals surface area contributed by atoms with E-state index >= 15 is 0 Å². The lowest BCUT2D eigenvalue weighted by atomic mass is 10.2. The number of benzene rings is 1. The van der Waals surface area contributed by atoms with Gasteiger partial charge in [0.2, 0.25) is 10.0 Å². The molecule has 0 fully saturated rings. The van der Waals surface area contributed by atoms with Crippen LogP contribution < -0.4 is 4.72 Å². The van der Waals surface area contributed by atoms with Crippen LogP contribution in [0.25, 0.3) is 0 Å². The van der Waals surface area contributed by atoms with Crippen LogP contribution in [0.2, 0.25) is 5.02 Å². The van der Waals surface area contributed by atoms with Crippen LogP contribution in [-0.4, -0.2) is 40.5 Å². The predicted octanol–water partition coefficient (Wildman–Crippen LogP) is 1.05. The zero-order chi connectivity index (χ0) is 13.8. The number of nitrogens with zero attached hydrogens (tertiary/aromatic N) is 2. The Bertz CT molecular complexity index is 564. The molecule has 0 saturated carbocycles. The van der Waals surface area contributed by atoms with Crippen molar-refractivity contribution in [1.29, 1.82) is 5.26 Å². The zero-order valence-corrected chi connectivity index (χ0v) is 11.7. The molecule has 1 aromatic rings. The van der Waals surface area contributed by atoms with Gasteiger partial charge in [0.05, 0.1) is 15.5 Å². The van der Waals surface area contributed by atoms with E-state index in [2.05, 4.69) is 4.72 Å². The molecule has 5 nitrogen and oxygen atoms in total. The monoisotopic (exact) mass is 287 g/mol. The molecular weight excluding hydrogens is 274 g/mol. The predicted molar refractivity (Wildman–Crippen MR) is 69.9 cm³/mol. The molecule has 0 saturated heterocycles. The molecule has 0 aliphatic carbocycles. The molecule has 7 heteroatoms. The molecular formula is C11H14ClN3O2S. The van der Waals surface area contributed by atoms with Crippen molar-refractivity contribution in [2.24, 2.45) is 0 Å².